The van der Waals surface area contributed by atoms with Gasteiger partial charge in [-0.15, -0.1) is 0 Å². The molecule has 0 spiro atoms. The minimum absolute atomic E-state index is 0.593. The Morgan fingerprint density at radius 1 is 0.938 bits per heavy atom. The highest BCUT2D eigenvalue weighted by Gasteiger charge is 2.17. The summed E-state index contributed by atoms with van der Waals surface area (Å²) in [6.07, 6.45) is 9.40. The van der Waals surface area contributed by atoms with Crippen molar-refractivity contribution in [1.29, 1.82) is 0 Å². The SMILES string of the molecule is C[C@H](C1=CCCC=C1)[C@H](C)c1ccccc1. The topological polar surface area (TPSA) is 0 Å². The normalized spacial score (nSPS) is 19.0. The van der Waals surface area contributed by atoms with Crippen LogP contribution < -0.4 is 0 Å². The van der Waals surface area contributed by atoms with Crippen molar-refractivity contribution in [1.82, 2.24) is 0 Å². The average molecular weight is 212 g/mol. The largest absolute Gasteiger partial charge is 0.0840 e. The van der Waals surface area contributed by atoms with Crippen LogP contribution in [-0.4, -0.2) is 0 Å². The smallest absolute Gasteiger partial charge is 0.0124 e. The fourth-order valence-electron chi connectivity index (χ4n) is 2.31. The zero-order chi connectivity index (χ0) is 11.4. The van der Waals surface area contributed by atoms with E-state index in [1.807, 2.05) is 0 Å². The fourth-order valence-corrected chi connectivity index (χ4v) is 2.31. The minimum atomic E-state index is 0.593. The first kappa shape index (κ1) is 11.2. The van der Waals surface area contributed by atoms with Crippen molar-refractivity contribution in [3.8, 4) is 0 Å². The molecule has 1 aliphatic carbocycles. The van der Waals surface area contributed by atoms with Gasteiger partial charge in [0, 0.05) is 0 Å². The summed E-state index contributed by atoms with van der Waals surface area (Å²) < 4.78 is 0. The molecule has 2 rings (SSSR count). The molecule has 0 N–H and O–H groups in total. The Kier molecular flexibility index (Phi) is 3.61. The number of hydrogen-bond acceptors (Lipinski definition) is 0. The van der Waals surface area contributed by atoms with Crippen molar-refractivity contribution < 1.29 is 0 Å². The zero-order valence-corrected chi connectivity index (χ0v) is 10.2. The van der Waals surface area contributed by atoms with E-state index in [9.17, 15) is 0 Å². The lowest BCUT2D eigenvalue weighted by Crippen LogP contribution is -2.09. The second-order valence-electron chi connectivity index (χ2n) is 4.67. The van der Waals surface area contributed by atoms with Gasteiger partial charge in [0.15, 0.2) is 0 Å². The summed E-state index contributed by atoms with van der Waals surface area (Å²) in [5.74, 6) is 1.20. The third-order valence-corrected chi connectivity index (χ3v) is 3.62. The van der Waals surface area contributed by atoms with Gasteiger partial charge >= 0.3 is 0 Å². The molecule has 84 valence electrons. The summed E-state index contributed by atoms with van der Waals surface area (Å²) in [5.41, 5.74) is 2.94. The third-order valence-electron chi connectivity index (χ3n) is 3.62. The third kappa shape index (κ3) is 2.44. The van der Waals surface area contributed by atoms with Crippen LogP contribution >= 0.6 is 0 Å². The maximum absolute atomic E-state index is 2.39. The van der Waals surface area contributed by atoms with Crippen molar-refractivity contribution in [3.63, 3.8) is 0 Å². The van der Waals surface area contributed by atoms with E-state index in [2.05, 4.69) is 62.4 Å². The molecule has 0 fully saturated rings. The van der Waals surface area contributed by atoms with Gasteiger partial charge < -0.3 is 0 Å². The average Bonchev–Trinajstić information content (AvgIpc) is 2.39. The predicted molar refractivity (Wildman–Crippen MR) is 70.5 cm³/mol. The van der Waals surface area contributed by atoms with E-state index < -0.39 is 0 Å². The van der Waals surface area contributed by atoms with Crippen molar-refractivity contribution >= 4 is 0 Å². The molecule has 0 bridgehead atoms. The summed E-state index contributed by atoms with van der Waals surface area (Å²) in [6, 6.07) is 10.8. The Morgan fingerprint density at radius 3 is 2.31 bits per heavy atom. The van der Waals surface area contributed by atoms with Crippen molar-refractivity contribution in [2.75, 3.05) is 0 Å². The summed E-state index contributed by atoms with van der Waals surface area (Å²) in [6.45, 7) is 4.66. The minimum Gasteiger partial charge on any atom is -0.0840 e. The first-order valence-corrected chi connectivity index (χ1v) is 6.20. The van der Waals surface area contributed by atoms with Gasteiger partial charge in [-0.1, -0.05) is 62.4 Å². The lowest BCUT2D eigenvalue weighted by Gasteiger charge is -2.23. The molecular formula is C16H20. The van der Waals surface area contributed by atoms with Gasteiger partial charge in [0.05, 0.1) is 0 Å². The highest BCUT2D eigenvalue weighted by Crippen LogP contribution is 2.31. The van der Waals surface area contributed by atoms with E-state index >= 15 is 0 Å². The van der Waals surface area contributed by atoms with E-state index in [0.717, 1.165) is 0 Å². The zero-order valence-electron chi connectivity index (χ0n) is 10.2. The Bertz CT molecular complexity index is 384. The quantitative estimate of drug-likeness (QED) is 0.681. The molecule has 1 aliphatic rings. The van der Waals surface area contributed by atoms with E-state index in [0.29, 0.717) is 11.8 Å². The second-order valence-corrected chi connectivity index (χ2v) is 4.67. The molecule has 0 unspecified atom stereocenters. The highest BCUT2D eigenvalue weighted by molar-refractivity contribution is 5.29. The Balaban J connectivity index is 2.13. The van der Waals surface area contributed by atoms with E-state index in [1.54, 1.807) is 0 Å². The molecule has 0 heteroatoms. The van der Waals surface area contributed by atoms with Crippen LogP contribution in [0.5, 0.6) is 0 Å². The van der Waals surface area contributed by atoms with Gasteiger partial charge in [0.1, 0.15) is 0 Å². The number of hydrogen-bond donors (Lipinski definition) is 0. The van der Waals surface area contributed by atoms with Crippen molar-refractivity contribution in [2.45, 2.75) is 32.6 Å². The summed E-state index contributed by atoms with van der Waals surface area (Å²) in [7, 11) is 0. The molecule has 0 heterocycles. The van der Waals surface area contributed by atoms with Crippen LogP contribution in [0, 0.1) is 5.92 Å². The van der Waals surface area contributed by atoms with E-state index in [4.69, 9.17) is 0 Å². The number of rotatable bonds is 3. The summed E-state index contributed by atoms with van der Waals surface area (Å²) >= 11 is 0. The maximum Gasteiger partial charge on any atom is -0.0124 e. The van der Waals surface area contributed by atoms with Crippen LogP contribution in [0.15, 0.2) is 54.1 Å². The lowest BCUT2D eigenvalue weighted by atomic mass is 9.82. The van der Waals surface area contributed by atoms with Gasteiger partial charge in [0.25, 0.3) is 0 Å². The maximum atomic E-state index is 2.39. The van der Waals surface area contributed by atoms with Gasteiger partial charge in [0.2, 0.25) is 0 Å². The fraction of sp³-hybridized carbons (Fsp3) is 0.375. The molecular weight excluding hydrogens is 192 g/mol. The summed E-state index contributed by atoms with van der Waals surface area (Å²) in [5, 5.41) is 0. The monoisotopic (exact) mass is 212 g/mol. The molecule has 2 atom stereocenters. The second kappa shape index (κ2) is 5.16. The van der Waals surface area contributed by atoms with Crippen LogP contribution in [0.2, 0.25) is 0 Å². The van der Waals surface area contributed by atoms with Gasteiger partial charge in [-0.3, -0.25) is 0 Å². The van der Waals surface area contributed by atoms with Crippen LogP contribution in [0.3, 0.4) is 0 Å². The molecule has 0 amide bonds. The first-order valence-electron chi connectivity index (χ1n) is 6.20. The molecule has 0 aliphatic heterocycles. The highest BCUT2D eigenvalue weighted by atomic mass is 14.2. The van der Waals surface area contributed by atoms with Gasteiger partial charge in [-0.05, 0) is 35.8 Å². The van der Waals surface area contributed by atoms with Crippen LogP contribution in [0.1, 0.15) is 38.2 Å². The van der Waals surface area contributed by atoms with E-state index in [1.165, 1.54) is 24.0 Å². The lowest BCUT2D eigenvalue weighted by molar-refractivity contribution is 0.566. The van der Waals surface area contributed by atoms with Gasteiger partial charge in [-0.25, -0.2) is 0 Å². The number of benzene rings is 1. The van der Waals surface area contributed by atoms with Crippen molar-refractivity contribution in [3.05, 3.63) is 59.7 Å². The molecule has 16 heavy (non-hydrogen) atoms. The molecule has 0 saturated carbocycles. The van der Waals surface area contributed by atoms with Gasteiger partial charge in [-0.2, -0.15) is 0 Å². The summed E-state index contributed by atoms with van der Waals surface area (Å²) in [4.78, 5) is 0. The van der Waals surface area contributed by atoms with Crippen LogP contribution in [0.4, 0.5) is 0 Å². The molecule has 0 radical (unpaired) electrons. The molecule has 0 nitrogen and oxygen atoms in total. The molecule has 0 saturated heterocycles. The molecule has 1 aromatic rings. The standard InChI is InChI=1S/C16H20/c1-13(15-9-5-3-6-10-15)14(2)16-11-7-4-8-12-16/h3,5-7,9-14H,4,8H2,1-2H3/t13-,14-/m0/s1. The van der Waals surface area contributed by atoms with Crippen LogP contribution in [-0.2, 0) is 0 Å². The first-order chi connectivity index (χ1) is 7.79. The van der Waals surface area contributed by atoms with Crippen molar-refractivity contribution in [2.24, 2.45) is 5.92 Å². The van der Waals surface area contributed by atoms with E-state index in [-0.39, 0.29) is 0 Å². The Morgan fingerprint density at radius 2 is 1.69 bits per heavy atom. The van der Waals surface area contributed by atoms with Crippen LogP contribution in [0.25, 0.3) is 0 Å². The predicted octanol–water partition coefficient (Wildman–Crippen LogP) is 4.70. The number of allylic oxidation sites excluding steroid dienone is 4. The Hall–Kier alpha value is -1.30. The molecule has 1 aromatic carbocycles. The molecule has 0 aromatic heterocycles. The Labute approximate surface area is 98.7 Å².